The molecule has 6 nitrogen and oxygen atoms in total. The van der Waals surface area contributed by atoms with Crippen molar-refractivity contribution in [3.05, 3.63) is 66.7 Å². The normalized spacial score (nSPS) is 13.7. The smallest absolute Gasteiger partial charge is 0.243 e. The van der Waals surface area contributed by atoms with Crippen molar-refractivity contribution >= 4 is 45.0 Å². The molecule has 0 saturated carbocycles. The summed E-state index contributed by atoms with van der Waals surface area (Å²) in [4.78, 5) is 24.2. The molecule has 1 aliphatic heterocycles. The number of anilines is 3. The van der Waals surface area contributed by atoms with Gasteiger partial charge in [0.2, 0.25) is 11.9 Å². The van der Waals surface area contributed by atoms with Crippen molar-refractivity contribution in [2.75, 3.05) is 35.2 Å². The summed E-state index contributed by atoms with van der Waals surface area (Å²) in [5.41, 5.74) is 1.66. The summed E-state index contributed by atoms with van der Waals surface area (Å²) in [6.45, 7) is 2.08. The van der Waals surface area contributed by atoms with Crippen molar-refractivity contribution in [2.24, 2.45) is 0 Å². The predicted octanol–water partition coefficient (Wildman–Crippen LogP) is 4.43. The van der Waals surface area contributed by atoms with Gasteiger partial charge in [-0.3, -0.25) is 4.79 Å². The molecule has 30 heavy (non-hydrogen) atoms. The SMILES string of the molecule is O=C(CNc1nc(N2CCCC2)nc2ccccc12)Nc1ccc2ccccc2c1. The van der Waals surface area contributed by atoms with Gasteiger partial charge >= 0.3 is 0 Å². The van der Waals surface area contributed by atoms with Crippen LogP contribution in [0.5, 0.6) is 0 Å². The van der Waals surface area contributed by atoms with E-state index in [1.807, 2.05) is 60.7 Å². The molecule has 1 amide bonds. The predicted molar refractivity (Wildman–Crippen MR) is 122 cm³/mol. The molecule has 3 aromatic carbocycles. The van der Waals surface area contributed by atoms with E-state index in [0.717, 1.165) is 59.2 Å². The van der Waals surface area contributed by atoms with Crippen molar-refractivity contribution in [3.8, 4) is 0 Å². The van der Waals surface area contributed by atoms with E-state index < -0.39 is 0 Å². The zero-order valence-electron chi connectivity index (χ0n) is 16.6. The van der Waals surface area contributed by atoms with Crippen molar-refractivity contribution in [1.82, 2.24) is 9.97 Å². The number of rotatable bonds is 5. The van der Waals surface area contributed by atoms with E-state index in [9.17, 15) is 4.79 Å². The lowest BCUT2D eigenvalue weighted by Gasteiger charge is -2.17. The molecule has 1 aliphatic rings. The van der Waals surface area contributed by atoms with E-state index in [1.54, 1.807) is 0 Å². The Kier molecular flexibility index (Phi) is 4.89. The lowest BCUT2D eigenvalue weighted by Crippen LogP contribution is -2.24. The molecule has 2 heterocycles. The second-order valence-electron chi connectivity index (χ2n) is 7.55. The van der Waals surface area contributed by atoms with E-state index in [1.165, 1.54) is 0 Å². The maximum atomic E-state index is 12.6. The molecule has 150 valence electrons. The lowest BCUT2D eigenvalue weighted by molar-refractivity contribution is -0.114. The van der Waals surface area contributed by atoms with Gasteiger partial charge in [-0.15, -0.1) is 0 Å². The topological polar surface area (TPSA) is 70.2 Å². The maximum Gasteiger partial charge on any atom is 0.243 e. The Labute approximate surface area is 174 Å². The Morgan fingerprint density at radius 2 is 1.67 bits per heavy atom. The molecule has 0 radical (unpaired) electrons. The van der Waals surface area contributed by atoms with Gasteiger partial charge in [-0.05, 0) is 47.9 Å². The van der Waals surface area contributed by atoms with Gasteiger partial charge in [0.15, 0.2) is 0 Å². The first-order valence-corrected chi connectivity index (χ1v) is 10.3. The highest BCUT2D eigenvalue weighted by atomic mass is 16.1. The molecule has 2 N–H and O–H groups in total. The van der Waals surface area contributed by atoms with Crippen LogP contribution >= 0.6 is 0 Å². The minimum atomic E-state index is -0.115. The molecule has 0 unspecified atom stereocenters. The molecule has 5 rings (SSSR count). The number of benzene rings is 3. The number of nitrogens with zero attached hydrogens (tertiary/aromatic N) is 3. The fraction of sp³-hybridized carbons (Fsp3) is 0.208. The van der Waals surface area contributed by atoms with Gasteiger partial charge in [-0.2, -0.15) is 4.98 Å². The standard InChI is InChI=1S/C24H23N5O/c30-22(26-19-12-11-17-7-1-2-8-18(17)15-19)16-25-23-20-9-3-4-10-21(20)27-24(28-23)29-13-5-6-14-29/h1-4,7-12,15H,5-6,13-14,16H2,(H,26,30)(H,25,27,28). The molecule has 0 bridgehead atoms. The monoisotopic (exact) mass is 397 g/mol. The summed E-state index contributed by atoms with van der Waals surface area (Å²) in [6, 6.07) is 21.9. The first-order valence-electron chi connectivity index (χ1n) is 10.3. The second-order valence-corrected chi connectivity index (χ2v) is 7.55. The molecule has 4 aromatic rings. The van der Waals surface area contributed by atoms with Crippen molar-refractivity contribution in [1.29, 1.82) is 0 Å². The fourth-order valence-corrected chi connectivity index (χ4v) is 3.89. The number of hydrogen-bond acceptors (Lipinski definition) is 5. The first kappa shape index (κ1) is 18.4. The minimum Gasteiger partial charge on any atom is -0.360 e. The van der Waals surface area contributed by atoms with Crippen LogP contribution in [0.4, 0.5) is 17.5 Å². The molecule has 0 atom stereocenters. The Hall–Kier alpha value is -3.67. The highest BCUT2D eigenvalue weighted by molar-refractivity contribution is 5.98. The van der Waals surface area contributed by atoms with Crippen LogP contribution in [0, 0.1) is 0 Å². The second kappa shape index (κ2) is 7.99. The third-order valence-corrected chi connectivity index (χ3v) is 5.43. The summed E-state index contributed by atoms with van der Waals surface area (Å²) < 4.78 is 0. The Balaban J connectivity index is 1.33. The van der Waals surface area contributed by atoms with E-state index >= 15 is 0 Å². The van der Waals surface area contributed by atoms with Gasteiger partial charge in [0.1, 0.15) is 5.82 Å². The molecule has 0 spiro atoms. The maximum absolute atomic E-state index is 12.6. The van der Waals surface area contributed by atoms with E-state index in [-0.39, 0.29) is 12.5 Å². The number of carbonyl (C=O) groups is 1. The average Bonchev–Trinajstić information content (AvgIpc) is 3.32. The number of nitrogens with one attached hydrogen (secondary N) is 2. The molecule has 1 fully saturated rings. The van der Waals surface area contributed by atoms with Gasteiger partial charge in [-0.25, -0.2) is 4.98 Å². The number of hydrogen-bond donors (Lipinski definition) is 2. The molecule has 0 aliphatic carbocycles. The quantitative estimate of drug-likeness (QED) is 0.521. The van der Waals surface area contributed by atoms with Gasteiger partial charge in [-0.1, -0.05) is 42.5 Å². The largest absolute Gasteiger partial charge is 0.360 e. The lowest BCUT2D eigenvalue weighted by atomic mass is 10.1. The van der Waals surface area contributed by atoms with Gasteiger partial charge in [0.25, 0.3) is 0 Å². The Bertz CT molecular complexity index is 1220. The van der Waals surface area contributed by atoms with E-state index in [2.05, 4.69) is 21.6 Å². The number of fused-ring (bicyclic) bond motifs is 2. The number of amides is 1. The number of aromatic nitrogens is 2. The van der Waals surface area contributed by atoms with Crippen LogP contribution in [-0.4, -0.2) is 35.5 Å². The molecule has 6 heteroatoms. The summed E-state index contributed by atoms with van der Waals surface area (Å²) in [5, 5.41) is 9.35. The van der Waals surface area contributed by atoms with E-state index in [0.29, 0.717) is 5.82 Å². The molecule has 1 aromatic heterocycles. The van der Waals surface area contributed by atoms with Crippen LogP contribution in [0.15, 0.2) is 66.7 Å². The van der Waals surface area contributed by atoms with Gasteiger partial charge < -0.3 is 15.5 Å². The van der Waals surface area contributed by atoms with Gasteiger partial charge in [0.05, 0.1) is 12.1 Å². The van der Waals surface area contributed by atoms with E-state index in [4.69, 9.17) is 9.97 Å². The van der Waals surface area contributed by atoms with Crippen LogP contribution in [0.25, 0.3) is 21.7 Å². The highest BCUT2D eigenvalue weighted by Crippen LogP contribution is 2.25. The Morgan fingerprint density at radius 1 is 0.900 bits per heavy atom. The Morgan fingerprint density at radius 3 is 2.53 bits per heavy atom. The van der Waals surface area contributed by atoms with Crippen LogP contribution in [0.3, 0.4) is 0 Å². The third-order valence-electron chi connectivity index (χ3n) is 5.43. The van der Waals surface area contributed by atoms with Crippen molar-refractivity contribution in [3.63, 3.8) is 0 Å². The number of para-hydroxylation sites is 1. The average molecular weight is 397 g/mol. The summed E-state index contributed by atoms with van der Waals surface area (Å²) in [5.74, 6) is 1.30. The number of carbonyl (C=O) groups excluding carboxylic acids is 1. The van der Waals surface area contributed by atoms with Crippen molar-refractivity contribution < 1.29 is 4.79 Å². The van der Waals surface area contributed by atoms with Crippen LogP contribution in [-0.2, 0) is 4.79 Å². The fourth-order valence-electron chi connectivity index (χ4n) is 3.89. The van der Waals surface area contributed by atoms with Crippen molar-refractivity contribution in [2.45, 2.75) is 12.8 Å². The highest BCUT2D eigenvalue weighted by Gasteiger charge is 2.17. The molecule has 1 saturated heterocycles. The van der Waals surface area contributed by atoms with Crippen LogP contribution in [0.2, 0.25) is 0 Å². The first-order chi connectivity index (χ1) is 14.8. The summed E-state index contributed by atoms with van der Waals surface area (Å²) >= 11 is 0. The van der Waals surface area contributed by atoms with Crippen LogP contribution in [0.1, 0.15) is 12.8 Å². The zero-order valence-corrected chi connectivity index (χ0v) is 16.6. The van der Waals surface area contributed by atoms with Crippen LogP contribution < -0.4 is 15.5 Å². The molecular formula is C24H23N5O. The zero-order chi connectivity index (χ0) is 20.3. The van der Waals surface area contributed by atoms with Gasteiger partial charge in [0, 0.05) is 24.2 Å². The summed E-state index contributed by atoms with van der Waals surface area (Å²) in [6.07, 6.45) is 2.32. The summed E-state index contributed by atoms with van der Waals surface area (Å²) in [7, 11) is 0. The third kappa shape index (κ3) is 3.76. The minimum absolute atomic E-state index is 0.115. The molecular weight excluding hydrogens is 374 g/mol.